The van der Waals surface area contributed by atoms with Crippen molar-refractivity contribution in [1.29, 1.82) is 0 Å². The third-order valence-electron chi connectivity index (χ3n) is 2.90. The third kappa shape index (κ3) is 2.80. The smallest absolute Gasteiger partial charge is 0.0680 e. The summed E-state index contributed by atoms with van der Waals surface area (Å²) in [6, 6.07) is 8.55. The van der Waals surface area contributed by atoms with Crippen LogP contribution in [0.15, 0.2) is 28.7 Å². The Kier molecular flexibility index (Phi) is 4.49. The molecule has 0 fully saturated rings. The van der Waals surface area contributed by atoms with Gasteiger partial charge in [-0.3, -0.25) is 0 Å². The predicted octanol–water partition coefficient (Wildman–Crippen LogP) is 5.09. The zero-order valence-corrected chi connectivity index (χ0v) is 13.7. The second kappa shape index (κ2) is 5.74. The lowest BCUT2D eigenvalue weighted by molar-refractivity contribution is 0.701. The Morgan fingerprint density at radius 3 is 2.50 bits per heavy atom. The zero-order chi connectivity index (χ0) is 13.3. The molecule has 0 amide bonds. The van der Waals surface area contributed by atoms with E-state index in [2.05, 4.69) is 46.4 Å². The summed E-state index contributed by atoms with van der Waals surface area (Å²) in [4.78, 5) is 2.61. The molecule has 0 aliphatic carbocycles. The lowest BCUT2D eigenvalue weighted by atomic mass is 10.0. The monoisotopic (exact) mass is 343 g/mol. The molecule has 1 nitrogen and oxygen atoms in total. The Morgan fingerprint density at radius 2 is 2.00 bits per heavy atom. The molecule has 2 aromatic rings. The van der Waals surface area contributed by atoms with Crippen LogP contribution in [0.25, 0.3) is 0 Å². The van der Waals surface area contributed by atoms with Crippen molar-refractivity contribution in [2.75, 3.05) is 7.05 Å². The van der Waals surface area contributed by atoms with Gasteiger partial charge in [-0.2, -0.15) is 0 Å². The lowest BCUT2D eigenvalue weighted by Crippen LogP contribution is -2.17. The first-order valence-corrected chi connectivity index (χ1v) is 7.71. The zero-order valence-electron chi connectivity index (χ0n) is 10.6. The molecule has 0 saturated heterocycles. The van der Waals surface area contributed by atoms with Crippen molar-refractivity contribution in [3.63, 3.8) is 0 Å². The van der Waals surface area contributed by atoms with E-state index >= 15 is 0 Å². The SMILES string of the molecule is CNC(c1ccc(Cl)c(C)c1)c1sc(C)cc1Br. The second-order valence-electron chi connectivity index (χ2n) is 4.30. The number of halogens is 2. The second-order valence-corrected chi connectivity index (χ2v) is 6.85. The normalized spacial score (nSPS) is 12.7. The summed E-state index contributed by atoms with van der Waals surface area (Å²) in [5, 5.41) is 4.19. The molecule has 1 atom stereocenters. The average molecular weight is 345 g/mol. The van der Waals surface area contributed by atoms with Crippen molar-refractivity contribution in [1.82, 2.24) is 5.32 Å². The first-order valence-electron chi connectivity index (χ1n) is 5.72. The minimum absolute atomic E-state index is 0.203. The molecule has 0 aliphatic heterocycles. The summed E-state index contributed by atoms with van der Waals surface area (Å²) in [6.07, 6.45) is 0. The maximum atomic E-state index is 6.08. The third-order valence-corrected chi connectivity index (χ3v) is 5.36. The van der Waals surface area contributed by atoms with Crippen LogP contribution in [-0.4, -0.2) is 7.05 Å². The van der Waals surface area contributed by atoms with Gasteiger partial charge in [0.1, 0.15) is 0 Å². The van der Waals surface area contributed by atoms with E-state index in [4.69, 9.17) is 11.6 Å². The molecule has 1 aromatic carbocycles. The van der Waals surface area contributed by atoms with Crippen LogP contribution in [0.1, 0.15) is 26.9 Å². The molecule has 2 rings (SSSR count). The van der Waals surface area contributed by atoms with Gasteiger partial charge in [-0.25, -0.2) is 0 Å². The number of thiophene rings is 1. The van der Waals surface area contributed by atoms with E-state index in [1.54, 1.807) is 0 Å². The van der Waals surface area contributed by atoms with Gasteiger partial charge in [-0.15, -0.1) is 11.3 Å². The fraction of sp³-hybridized carbons (Fsp3) is 0.286. The van der Waals surface area contributed by atoms with E-state index in [-0.39, 0.29) is 6.04 Å². The van der Waals surface area contributed by atoms with Crippen molar-refractivity contribution in [2.24, 2.45) is 0 Å². The number of aryl methyl sites for hydroxylation is 2. The van der Waals surface area contributed by atoms with E-state index in [1.165, 1.54) is 15.3 Å². The Morgan fingerprint density at radius 1 is 1.28 bits per heavy atom. The number of hydrogen-bond acceptors (Lipinski definition) is 2. The van der Waals surface area contributed by atoms with Crippen LogP contribution < -0.4 is 5.32 Å². The molecule has 0 aliphatic rings. The fourth-order valence-electron chi connectivity index (χ4n) is 1.99. The Hall–Kier alpha value is -0.350. The molecule has 1 aromatic heterocycles. The van der Waals surface area contributed by atoms with Gasteiger partial charge in [0, 0.05) is 19.2 Å². The molecule has 1 N–H and O–H groups in total. The van der Waals surface area contributed by atoms with Crippen molar-refractivity contribution < 1.29 is 0 Å². The van der Waals surface area contributed by atoms with Gasteiger partial charge < -0.3 is 5.32 Å². The molecule has 4 heteroatoms. The number of rotatable bonds is 3. The fourth-order valence-corrected chi connectivity index (χ4v) is 4.13. The Labute approximate surface area is 125 Å². The highest BCUT2D eigenvalue weighted by Crippen LogP contribution is 2.36. The maximum absolute atomic E-state index is 6.08. The molecule has 1 unspecified atom stereocenters. The predicted molar refractivity (Wildman–Crippen MR) is 83.8 cm³/mol. The van der Waals surface area contributed by atoms with Gasteiger partial charge in [-0.05, 0) is 60.1 Å². The van der Waals surface area contributed by atoms with Crippen LogP contribution in [0.2, 0.25) is 5.02 Å². The van der Waals surface area contributed by atoms with E-state index in [1.807, 2.05) is 31.4 Å². The highest BCUT2D eigenvalue weighted by Gasteiger charge is 2.18. The number of hydrogen-bond donors (Lipinski definition) is 1. The topological polar surface area (TPSA) is 12.0 Å². The van der Waals surface area contributed by atoms with E-state index in [0.717, 1.165) is 15.1 Å². The van der Waals surface area contributed by atoms with Crippen LogP contribution in [-0.2, 0) is 0 Å². The number of nitrogens with one attached hydrogen (secondary N) is 1. The highest BCUT2D eigenvalue weighted by atomic mass is 79.9. The minimum atomic E-state index is 0.203. The van der Waals surface area contributed by atoms with Gasteiger partial charge in [-0.1, -0.05) is 23.7 Å². The van der Waals surface area contributed by atoms with Crippen LogP contribution >= 0.6 is 38.9 Å². The summed E-state index contributed by atoms with van der Waals surface area (Å²) < 4.78 is 1.16. The van der Waals surface area contributed by atoms with E-state index in [0.29, 0.717) is 0 Å². The maximum Gasteiger partial charge on any atom is 0.0680 e. The quantitative estimate of drug-likeness (QED) is 0.818. The first-order chi connectivity index (χ1) is 8.52. The van der Waals surface area contributed by atoms with Gasteiger partial charge in [0.25, 0.3) is 0 Å². The number of benzene rings is 1. The molecule has 0 saturated carbocycles. The van der Waals surface area contributed by atoms with E-state index < -0.39 is 0 Å². The van der Waals surface area contributed by atoms with Crippen molar-refractivity contribution in [3.05, 3.63) is 54.6 Å². The van der Waals surface area contributed by atoms with Crippen molar-refractivity contribution >= 4 is 38.9 Å². The summed E-state index contributed by atoms with van der Waals surface area (Å²) >= 11 is 11.5. The Bertz CT molecular complexity index is 565. The summed E-state index contributed by atoms with van der Waals surface area (Å²) in [7, 11) is 1.98. The van der Waals surface area contributed by atoms with Gasteiger partial charge in [0.2, 0.25) is 0 Å². The van der Waals surface area contributed by atoms with Crippen LogP contribution in [0, 0.1) is 13.8 Å². The van der Waals surface area contributed by atoms with Crippen molar-refractivity contribution in [3.8, 4) is 0 Å². The summed E-state index contributed by atoms with van der Waals surface area (Å²) in [5.74, 6) is 0. The molecular weight excluding hydrogens is 330 g/mol. The molecule has 0 radical (unpaired) electrons. The summed E-state index contributed by atoms with van der Waals surface area (Å²) in [6.45, 7) is 4.16. The highest BCUT2D eigenvalue weighted by molar-refractivity contribution is 9.10. The largest absolute Gasteiger partial charge is 0.309 e. The summed E-state index contributed by atoms with van der Waals surface area (Å²) in [5.41, 5.74) is 2.35. The molecular formula is C14H15BrClNS. The molecule has 0 bridgehead atoms. The molecule has 1 heterocycles. The van der Waals surface area contributed by atoms with E-state index in [9.17, 15) is 0 Å². The molecule has 18 heavy (non-hydrogen) atoms. The Balaban J connectivity index is 2.45. The standard InChI is InChI=1S/C14H15BrClNS/c1-8-6-10(4-5-12(8)16)13(17-3)14-11(15)7-9(2)18-14/h4-7,13,17H,1-3H3. The van der Waals surface area contributed by atoms with Gasteiger partial charge in [0.05, 0.1) is 6.04 Å². The molecule has 0 spiro atoms. The van der Waals surface area contributed by atoms with Gasteiger partial charge in [0.15, 0.2) is 0 Å². The van der Waals surface area contributed by atoms with Crippen LogP contribution in [0.4, 0.5) is 0 Å². The van der Waals surface area contributed by atoms with Crippen molar-refractivity contribution in [2.45, 2.75) is 19.9 Å². The lowest BCUT2D eigenvalue weighted by Gasteiger charge is -2.17. The van der Waals surface area contributed by atoms with Gasteiger partial charge >= 0.3 is 0 Å². The molecule has 96 valence electrons. The van der Waals surface area contributed by atoms with Crippen LogP contribution in [0.5, 0.6) is 0 Å². The van der Waals surface area contributed by atoms with Crippen LogP contribution in [0.3, 0.4) is 0 Å². The first kappa shape index (κ1) is 14.1. The average Bonchev–Trinajstić information content (AvgIpc) is 2.64. The minimum Gasteiger partial charge on any atom is -0.309 e.